The Morgan fingerprint density at radius 1 is 1.11 bits per heavy atom. The number of ether oxygens (including phenoxy) is 2. The third kappa shape index (κ3) is 5.58. The lowest BCUT2D eigenvalue weighted by Gasteiger charge is -2.34. The van der Waals surface area contributed by atoms with Crippen LogP contribution in [0.2, 0.25) is 5.02 Å². The van der Waals surface area contributed by atoms with E-state index in [0.29, 0.717) is 16.5 Å². The number of pyridine rings is 1. The molecule has 0 atom stereocenters. The molecule has 7 nitrogen and oxygen atoms in total. The molecule has 1 aromatic carbocycles. The second-order valence-electron chi connectivity index (χ2n) is 6.77. The molecule has 2 aromatic rings. The van der Waals surface area contributed by atoms with Gasteiger partial charge in [0.1, 0.15) is 0 Å². The first-order valence-electron chi connectivity index (χ1n) is 9.16. The summed E-state index contributed by atoms with van der Waals surface area (Å²) in [6.07, 6.45) is 3.67. The van der Waals surface area contributed by atoms with E-state index in [4.69, 9.17) is 26.8 Å². The molecule has 0 bridgehead atoms. The van der Waals surface area contributed by atoms with E-state index >= 15 is 0 Å². The van der Waals surface area contributed by atoms with Crippen molar-refractivity contribution in [3.63, 3.8) is 0 Å². The number of nitrogens with zero attached hydrogens (tertiary/aromatic N) is 3. The highest BCUT2D eigenvalue weighted by atomic mass is 35.5. The monoisotopic (exact) mass is 404 g/mol. The van der Waals surface area contributed by atoms with Crippen molar-refractivity contribution in [2.24, 2.45) is 5.73 Å². The van der Waals surface area contributed by atoms with Gasteiger partial charge in [-0.1, -0.05) is 11.6 Å². The fourth-order valence-electron chi connectivity index (χ4n) is 3.26. The fourth-order valence-corrected chi connectivity index (χ4v) is 3.55. The number of piperazine rings is 1. The van der Waals surface area contributed by atoms with Gasteiger partial charge in [-0.3, -0.25) is 19.6 Å². The molecule has 1 saturated heterocycles. The minimum absolute atomic E-state index is 0.241. The highest BCUT2D eigenvalue weighted by molar-refractivity contribution is 6.32. The summed E-state index contributed by atoms with van der Waals surface area (Å²) in [6.45, 7) is 5.45. The van der Waals surface area contributed by atoms with Gasteiger partial charge < -0.3 is 15.2 Å². The van der Waals surface area contributed by atoms with E-state index in [1.54, 1.807) is 7.11 Å². The number of halogens is 1. The Labute approximate surface area is 170 Å². The highest BCUT2D eigenvalue weighted by Gasteiger charge is 2.19. The van der Waals surface area contributed by atoms with Crippen LogP contribution in [0.3, 0.4) is 0 Å². The van der Waals surface area contributed by atoms with E-state index in [-0.39, 0.29) is 6.61 Å². The third-order valence-corrected chi connectivity index (χ3v) is 4.96. The molecular formula is C20H25ClN4O3. The average Bonchev–Trinajstić information content (AvgIpc) is 2.69. The molecule has 1 amide bonds. The second-order valence-corrected chi connectivity index (χ2v) is 7.18. The van der Waals surface area contributed by atoms with Crippen molar-refractivity contribution in [2.45, 2.75) is 13.1 Å². The van der Waals surface area contributed by atoms with E-state index in [0.717, 1.165) is 44.8 Å². The molecule has 0 saturated carbocycles. The van der Waals surface area contributed by atoms with E-state index < -0.39 is 5.91 Å². The summed E-state index contributed by atoms with van der Waals surface area (Å²) < 4.78 is 10.8. The summed E-state index contributed by atoms with van der Waals surface area (Å²) in [5.41, 5.74) is 7.46. The standard InChI is InChI=1S/C20H25ClN4O3/c1-27-18-11-16(10-17(21)20(18)28-14-19(22)26)13-25-8-6-24(7-9-25)12-15-2-4-23-5-3-15/h2-5,10-11H,6-9,12-14H2,1H3,(H2,22,26). The molecule has 0 spiro atoms. The average molecular weight is 405 g/mol. The zero-order valence-electron chi connectivity index (χ0n) is 15.9. The number of amides is 1. The third-order valence-electron chi connectivity index (χ3n) is 4.67. The van der Waals surface area contributed by atoms with E-state index in [9.17, 15) is 4.79 Å². The molecule has 150 valence electrons. The smallest absolute Gasteiger partial charge is 0.255 e. The van der Waals surface area contributed by atoms with Crippen LogP contribution >= 0.6 is 11.6 Å². The number of carbonyl (C=O) groups excluding carboxylic acids is 1. The molecule has 0 unspecified atom stereocenters. The first-order chi connectivity index (χ1) is 13.5. The largest absolute Gasteiger partial charge is 0.493 e. The van der Waals surface area contributed by atoms with Gasteiger partial charge in [-0.15, -0.1) is 0 Å². The Kier molecular flexibility index (Phi) is 7.08. The zero-order chi connectivity index (χ0) is 19.9. The van der Waals surface area contributed by atoms with Gasteiger partial charge in [0, 0.05) is 51.7 Å². The number of rotatable bonds is 8. The van der Waals surface area contributed by atoms with E-state index in [1.165, 1.54) is 5.56 Å². The summed E-state index contributed by atoms with van der Waals surface area (Å²) in [6, 6.07) is 7.86. The van der Waals surface area contributed by atoms with Crippen molar-refractivity contribution in [2.75, 3.05) is 39.9 Å². The number of methoxy groups -OCH3 is 1. The van der Waals surface area contributed by atoms with Crippen LogP contribution in [-0.4, -0.2) is 60.6 Å². The Hall–Kier alpha value is -2.35. The van der Waals surface area contributed by atoms with Crippen LogP contribution in [0.15, 0.2) is 36.7 Å². The van der Waals surface area contributed by atoms with Crippen molar-refractivity contribution in [1.82, 2.24) is 14.8 Å². The van der Waals surface area contributed by atoms with E-state index in [1.807, 2.05) is 24.5 Å². The fraction of sp³-hybridized carbons (Fsp3) is 0.400. The maximum atomic E-state index is 11.0. The number of hydrogen-bond acceptors (Lipinski definition) is 6. The van der Waals surface area contributed by atoms with Crippen LogP contribution in [0.1, 0.15) is 11.1 Å². The van der Waals surface area contributed by atoms with Gasteiger partial charge >= 0.3 is 0 Å². The van der Waals surface area contributed by atoms with Crippen molar-refractivity contribution >= 4 is 17.5 Å². The van der Waals surface area contributed by atoms with E-state index in [2.05, 4.69) is 26.9 Å². The van der Waals surface area contributed by atoms with Gasteiger partial charge in [0.15, 0.2) is 18.1 Å². The molecule has 3 rings (SSSR count). The van der Waals surface area contributed by atoms with Gasteiger partial charge in [-0.2, -0.15) is 0 Å². The number of aromatic nitrogens is 1. The van der Waals surface area contributed by atoms with Crippen LogP contribution in [0.5, 0.6) is 11.5 Å². The number of hydrogen-bond donors (Lipinski definition) is 1. The summed E-state index contributed by atoms with van der Waals surface area (Å²) in [4.78, 5) is 19.9. The summed E-state index contributed by atoms with van der Waals surface area (Å²) in [5, 5.41) is 0.409. The van der Waals surface area contributed by atoms with Crippen LogP contribution in [-0.2, 0) is 17.9 Å². The molecule has 28 heavy (non-hydrogen) atoms. The van der Waals surface area contributed by atoms with Gasteiger partial charge in [-0.05, 0) is 35.4 Å². The molecule has 1 fully saturated rings. The zero-order valence-corrected chi connectivity index (χ0v) is 16.7. The lowest BCUT2D eigenvalue weighted by Crippen LogP contribution is -2.45. The lowest BCUT2D eigenvalue weighted by atomic mass is 10.1. The molecule has 1 aliphatic heterocycles. The minimum Gasteiger partial charge on any atom is -0.493 e. The predicted molar refractivity (Wildman–Crippen MR) is 107 cm³/mol. The van der Waals surface area contributed by atoms with Crippen LogP contribution in [0.25, 0.3) is 0 Å². The molecule has 2 heterocycles. The Balaban J connectivity index is 1.57. The van der Waals surface area contributed by atoms with Gasteiger partial charge in [0.05, 0.1) is 12.1 Å². The Morgan fingerprint density at radius 3 is 2.29 bits per heavy atom. The van der Waals surface area contributed by atoms with Crippen molar-refractivity contribution in [3.05, 3.63) is 52.8 Å². The van der Waals surface area contributed by atoms with Gasteiger partial charge in [0.25, 0.3) is 5.91 Å². The van der Waals surface area contributed by atoms with Crippen LogP contribution in [0.4, 0.5) is 0 Å². The Morgan fingerprint density at radius 2 is 1.71 bits per heavy atom. The first-order valence-corrected chi connectivity index (χ1v) is 9.54. The maximum Gasteiger partial charge on any atom is 0.255 e. The second kappa shape index (κ2) is 9.73. The quantitative estimate of drug-likeness (QED) is 0.724. The minimum atomic E-state index is -0.563. The molecule has 0 radical (unpaired) electrons. The van der Waals surface area contributed by atoms with Gasteiger partial charge in [-0.25, -0.2) is 0 Å². The van der Waals surface area contributed by atoms with Gasteiger partial charge in [0.2, 0.25) is 0 Å². The topological polar surface area (TPSA) is 80.9 Å². The number of primary amides is 1. The number of carbonyl (C=O) groups is 1. The highest BCUT2D eigenvalue weighted by Crippen LogP contribution is 2.36. The predicted octanol–water partition coefficient (Wildman–Crippen LogP) is 1.93. The molecule has 1 aliphatic rings. The first kappa shape index (κ1) is 20.4. The molecular weight excluding hydrogens is 380 g/mol. The normalized spacial score (nSPS) is 15.4. The molecule has 8 heteroatoms. The summed E-state index contributed by atoms with van der Waals surface area (Å²) in [7, 11) is 1.55. The Bertz CT molecular complexity index is 796. The molecule has 2 N–H and O–H groups in total. The summed E-state index contributed by atoms with van der Waals surface area (Å²) >= 11 is 6.34. The molecule has 1 aromatic heterocycles. The van der Waals surface area contributed by atoms with Crippen molar-refractivity contribution in [1.29, 1.82) is 0 Å². The number of nitrogens with two attached hydrogens (primary N) is 1. The lowest BCUT2D eigenvalue weighted by molar-refractivity contribution is -0.119. The molecule has 0 aliphatic carbocycles. The van der Waals surface area contributed by atoms with Crippen molar-refractivity contribution < 1.29 is 14.3 Å². The number of benzene rings is 1. The van der Waals surface area contributed by atoms with Crippen LogP contribution in [0, 0.1) is 0 Å². The SMILES string of the molecule is COc1cc(CN2CCN(Cc3ccncc3)CC2)cc(Cl)c1OCC(N)=O. The van der Waals surface area contributed by atoms with Crippen molar-refractivity contribution in [3.8, 4) is 11.5 Å². The van der Waals surface area contributed by atoms with Crippen LogP contribution < -0.4 is 15.2 Å². The summed E-state index contributed by atoms with van der Waals surface area (Å²) in [5.74, 6) is 0.279. The maximum absolute atomic E-state index is 11.0.